The summed E-state index contributed by atoms with van der Waals surface area (Å²) in [5.74, 6) is -0.405. The van der Waals surface area contributed by atoms with Crippen molar-refractivity contribution in [2.75, 3.05) is 6.54 Å². The summed E-state index contributed by atoms with van der Waals surface area (Å²) in [6.07, 6.45) is 6.40. The number of carbonyl (C=O) groups excluding carboxylic acids is 3. The van der Waals surface area contributed by atoms with Gasteiger partial charge in [-0.2, -0.15) is 0 Å². The van der Waals surface area contributed by atoms with E-state index in [1.165, 1.54) is 27.8 Å². The molecule has 1 aromatic rings. The number of amides is 2. The molecule has 0 aromatic heterocycles. The highest BCUT2D eigenvalue weighted by Crippen LogP contribution is 2.31. The summed E-state index contributed by atoms with van der Waals surface area (Å²) >= 11 is 1.38. The summed E-state index contributed by atoms with van der Waals surface area (Å²) in [6, 6.07) is 7.86. The lowest BCUT2D eigenvalue weighted by molar-refractivity contribution is -0.138. The highest BCUT2D eigenvalue weighted by Gasteiger charge is 2.36. The zero-order valence-corrected chi connectivity index (χ0v) is 15.9. The summed E-state index contributed by atoms with van der Waals surface area (Å²) < 4.78 is 0. The lowest BCUT2D eigenvalue weighted by Gasteiger charge is -2.32. The maximum absolute atomic E-state index is 13.2. The van der Waals surface area contributed by atoms with Crippen LogP contribution in [0, 0.1) is 5.92 Å². The maximum atomic E-state index is 13.2. The van der Waals surface area contributed by atoms with E-state index in [4.69, 9.17) is 0 Å². The minimum Gasteiger partial charge on any atom is -0.328 e. The molecule has 27 heavy (non-hydrogen) atoms. The van der Waals surface area contributed by atoms with Gasteiger partial charge in [0.2, 0.25) is 5.91 Å². The van der Waals surface area contributed by atoms with E-state index >= 15 is 0 Å². The fourth-order valence-corrected chi connectivity index (χ4v) is 4.73. The predicted octanol–water partition coefficient (Wildman–Crippen LogP) is 2.87. The monoisotopic (exact) mass is 382 g/mol. The topological polar surface area (TPSA) is 57.7 Å². The van der Waals surface area contributed by atoms with Crippen LogP contribution in [0.2, 0.25) is 0 Å². The minimum atomic E-state index is -0.382. The average molecular weight is 382 g/mol. The summed E-state index contributed by atoms with van der Waals surface area (Å²) in [5, 5.41) is 3.53. The van der Waals surface area contributed by atoms with Gasteiger partial charge in [0.1, 0.15) is 12.0 Å². The summed E-state index contributed by atoms with van der Waals surface area (Å²) in [7, 11) is 0. The number of likely N-dealkylation sites (tertiary alicyclic amines) is 1. The zero-order chi connectivity index (χ0) is 18.8. The van der Waals surface area contributed by atoms with E-state index in [9.17, 15) is 14.4 Å². The van der Waals surface area contributed by atoms with Crippen LogP contribution < -0.4 is 0 Å². The van der Waals surface area contributed by atoms with Crippen LogP contribution in [0.15, 0.2) is 47.0 Å². The first-order chi connectivity index (χ1) is 13.2. The van der Waals surface area contributed by atoms with Crippen molar-refractivity contribution in [3.8, 4) is 0 Å². The highest BCUT2D eigenvalue weighted by atomic mass is 32.2. The standard InChI is InChI=1S/C21H22N2O3S/c24-13-18-6-3-9-22(18)21(26)19-14-27-11-10-23(19)20(25)17-8-7-15-4-1-2-5-16(15)12-17/h1-2,4-5,10-11,13-14,17-18H,3,6-9,12H2/t17?,18-/m0/s1. The molecule has 2 aliphatic heterocycles. The summed E-state index contributed by atoms with van der Waals surface area (Å²) in [5.41, 5.74) is 2.89. The Kier molecular flexibility index (Phi) is 5.16. The van der Waals surface area contributed by atoms with Gasteiger partial charge in [0, 0.05) is 24.1 Å². The van der Waals surface area contributed by atoms with Crippen molar-refractivity contribution in [1.82, 2.24) is 9.80 Å². The van der Waals surface area contributed by atoms with Gasteiger partial charge in [-0.3, -0.25) is 14.5 Å². The number of thioether (sulfide) groups is 1. The quantitative estimate of drug-likeness (QED) is 0.755. The zero-order valence-electron chi connectivity index (χ0n) is 15.0. The lowest BCUT2D eigenvalue weighted by atomic mass is 9.83. The third-order valence-electron chi connectivity index (χ3n) is 5.60. The van der Waals surface area contributed by atoms with Crippen molar-refractivity contribution in [3.63, 3.8) is 0 Å². The van der Waals surface area contributed by atoms with E-state index in [1.807, 2.05) is 17.5 Å². The Morgan fingerprint density at radius 3 is 2.78 bits per heavy atom. The number of fused-ring (bicyclic) bond motifs is 1. The van der Waals surface area contributed by atoms with E-state index < -0.39 is 0 Å². The van der Waals surface area contributed by atoms with E-state index in [2.05, 4.69) is 12.1 Å². The van der Waals surface area contributed by atoms with Crippen molar-refractivity contribution >= 4 is 29.9 Å². The second kappa shape index (κ2) is 7.72. The summed E-state index contributed by atoms with van der Waals surface area (Å²) in [6.45, 7) is 0.562. The van der Waals surface area contributed by atoms with Crippen LogP contribution in [0.1, 0.15) is 30.4 Å². The molecule has 0 bridgehead atoms. The number of benzene rings is 1. The first-order valence-corrected chi connectivity index (χ1v) is 10.3. The molecule has 0 spiro atoms. The number of nitrogens with zero attached hydrogens (tertiary/aromatic N) is 2. The van der Waals surface area contributed by atoms with E-state index in [0.29, 0.717) is 25.1 Å². The molecule has 140 valence electrons. The molecule has 1 aliphatic carbocycles. The van der Waals surface area contributed by atoms with E-state index in [0.717, 1.165) is 25.5 Å². The summed E-state index contributed by atoms with van der Waals surface area (Å²) in [4.78, 5) is 40.6. The van der Waals surface area contributed by atoms with Crippen molar-refractivity contribution in [1.29, 1.82) is 0 Å². The van der Waals surface area contributed by atoms with E-state index in [-0.39, 0.29) is 23.8 Å². The second-order valence-electron chi connectivity index (χ2n) is 7.19. The molecule has 5 nitrogen and oxygen atoms in total. The minimum absolute atomic E-state index is 0.0393. The molecule has 1 unspecified atom stereocenters. The molecule has 2 heterocycles. The molecule has 0 N–H and O–H groups in total. The molecule has 0 saturated carbocycles. The van der Waals surface area contributed by atoms with Crippen LogP contribution in [0.5, 0.6) is 0 Å². The van der Waals surface area contributed by atoms with Gasteiger partial charge in [-0.15, -0.1) is 11.8 Å². The highest BCUT2D eigenvalue weighted by molar-refractivity contribution is 8.05. The molecule has 3 aliphatic rings. The Hall–Kier alpha value is -2.34. The maximum Gasteiger partial charge on any atom is 0.272 e. The number of rotatable bonds is 3. The molecular formula is C21H22N2O3S. The predicted molar refractivity (Wildman–Crippen MR) is 104 cm³/mol. The number of aryl methyl sites for hydroxylation is 1. The number of hydrogen-bond acceptors (Lipinski definition) is 4. The third-order valence-corrected chi connectivity index (χ3v) is 6.24. The van der Waals surface area contributed by atoms with Crippen LogP contribution >= 0.6 is 11.8 Å². The third kappa shape index (κ3) is 3.46. The van der Waals surface area contributed by atoms with Crippen LogP contribution in [0.25, 0.3) is 0 Å². The van der Waals surface area contributed by atoms with Crippen LogP contribution in [-0.2, 0) is 27.2 Å². The number of hydrogen-bond donors (Lipinski definition) is 0. The SMILES string of the molecule is O=C[C@@H]1CCCN1C(=O)C1=CSC=CN1C(=O)C1CCc2ccccc2C1. The fraction of sp³-hybridized carbons (Fsp3) is 0.381. The van der Waals surface area contributed by atoms with Crippen LogP contribution in [0.3, 0.4) is 0 Å². The van der Waals surface area contributed by atoms with Gasteiger partial charge >= 0.3 is 0 Å². The van der Waals surface area contributed by atoms with Gasteiger partial charge in [0.15, 0.2) is 0 Å². The second-order valence-corrected chi connectivity index (χ2v) is 7.97. The van der Waals surface area contributed by atoms with Gasteiger partial charge in [-0.05, 0) is 48.6 Å². The molecular weight excluding hydrogens is 360 g/mol. The molecule has 1 fully saturated rings. The molecule has 1 aromatic carbocycles. The Balaban J connectivity index is 1.53. The normalized spacial score (nSPS) is 24.4. The van der Waals surface area contributed by atoms with Crippen LogP contribution in [-0.4, -0.2) is 40.5 Å². The first-order valence-electron chi connectivity index (χ1n) is 9.37. The molecule has 0 radical (unpaired) electrons. The van der Waals surface area contributed by atoms with Crippen LogP contribution in [0.4, 0.5) is 0 Å². The van der Waals surface area contributed by atoms with Gasteiger partial charge in [0.05, 0.1) is 6.04 Å². The van der Waals surface area contributed by atoms with Gasteiger partial charge in [0.25, 0.3) is 5.91 Å². The Morgan fingerprint density at radius 1 is 1.15 bits per heavy atom. The largest absolute Gasteiger partial charge is 0.328 e. The van der Waals surface area contributed by atoms with Gasteiger partial charge in [-0.1, -0.05) is 24.3 Å². The van der Waals surface area contributed by atoms with Crippen molar-refractivity contribution in [2.24, 2.45) is 5.92 Å². The molecule has 2 atom stereocenters. The lowest BCUT2D eigenvalue weighted by Crippen LogP contribution is -2.44. The smallest absolute Gasteiger partial charge is 0.272 e. The first kappa shape index (κ1) is 18.0. The number of carbonyl (C=O) groups is 3. The Morgan fingerprint density at radius 2 is 1.96 bits per heavy atom. The van der Waals surface area contributed by atoms with E-state index in [1.54, 1.807) is 16.5 Å². The molecule has 4 rings (SSSR count). The Bertz CT molecular complexity index is 832. The van der Waals surface area contributed by atoms with Gasteiger partial charge < -0.3 is 9.69 Å². The average Bonchev–Trinajstić information content (AvgIpc) is 3.21. The van der Waals surface area contributed by atoms with Crippen molar-refractivity contribution < 1.29 is 14.4 Å². The van der Waals surface area contributed by atoms with Crippen molar-refractivity contribution in [2.45, 2.75) is 38.1 Å². The Labute approximate surface area is 163 Å². The molecule has 6 heteroatoms. The number of aldehydes is 1. The molecule has 1 saturated heterocycles. The van der Waals surface area contributed by atoms with Crippen molar-refractivity contribution in [3.05, 3.63) is 58.1 Å². The molecule has 2 amide bonds. The fourth-order valence-electron chi connectivity index (χ4n) is 4.12. The van der Waals surface area contributed by atoms with Gasteiger partial charge in [-0.25, -0.2) is 0 Å².